The van der Waals surface area contributed by atoms with Crippen LogP contribution < -0.4 is 10.5 Å². The molecule has 0 spiro atoms. The fraction of sp³-hybridized carbons (Fsp3) is 0.333. The van der Waals surface area contributed by atoms with Crippen LogP contribution in [0.15, 0.2) is 24.3 Å². The van der Waals surface area contributed by atoms with E-state index in [9.17, 15) is 0 Å². The standard InChI is InChI=1S/C12H15NO3/c1-2-7-16-10-5-3-9(4-6-10)8-11(13)12(14)15/h1,3-6,11-12,14-15H,7-8,13H2/t11-/m0/s1. The summed E-state index contributed by atoms with van der Waals surface area (Å²) >= 11 is 0. The fourth-order valence-corrected chi connectivity index (χ4v) is 1.22. The number of benzene rings is 1. The first-order valence-electron chi connectivity index (χ1n) is 4.90. The molecule has 0 radical (unpaired) electrons. The summed E-state index contributed by atoms with van der Waals surface area (Å²) in [7, 11) is 0. The maximum Gasteiger partial charge on any atom is 0.167 e. The molecule has 0 amide bonds. The van der Waals surface area contributed by atoms with Gasteiger partial charge in [-0.2, -0.15) is 0 Å². The van der Waals surface area contributed by atoms with E-state index in [2.05, 4.69) is 5.92 Å². The summed E-state index contributed by atoms with van der Waals surface area (Å²) in [5.41, 5.74) is 6.42. The first-order valence-corrected chi connectivity index (χ1v) is 4.90. The summed E-state index contributed by atoms with van der Waals surface area (Å²) in [4.78, 5) is 0. The third-order valence-electron chi connectivity index (χ3n) is 2.10. The highest BCUT2D eigenvalue weighted by Crippen LogP contribution is 2.13. The third-order valence-corrected chi connectivity index (χ3v) is 2.10. The lowest BCUT2D eigenvalue weighted by Crippen LogP contribution is -2.36. The van der Waals surface area contributed by atoms with Crippen molar-refractivity contribution >= 4 is 0 Å². The average Bonchev–Trinajstić information content (AvgIpc) is 2.28. The van der Waals surface area contributed by atoms with Gasteiger partial charge in [-0.05, 0) is 24.1 Å². The van der Waals surface area contributed by atoms with E-state index < -0.39 is 12.3 Å². The Labute approximate surface area is 94.7 Å². The molecule has 4 N–H and O–H groups in total. The van der Waals surface area contributed by atoms with Gasteiger partial charge in [-0.1, -0.05) is 18.1 Å². The number of hydrogen-bond donors (Lipinski definition) is 3. The van der Waals surface area contributed by atoms with Gasteiger partial charge in [0.2, 0.25) is 0 Å². The Balaban J connectivity index is 2.55. The zero-order valence-electron chi connectivity index (χ0n) is 8.84. The maximum absolute atomic E-state index is 8.84. The summed E-state index contributed by atoms with van der Waals surface area (Å²) in [6, 6.07) is 6.48. The molecule has 0 saturated carbocycles. The normalized spacial score (nSPS) is 12.2. The number of nitrogens with two attached hydrogens (primary N) is 1. The lowest BCUT2D eigenvalue weighted by molar-refractivity contribution is -0.0577. The van der Waals surface area contributed by atoms with Gasteiger partial charge in [-0.15, -0.1) is 6.42 Å². The van der Waals surface area contributed by atoms with Crippen LogP contribution in [-0.4, -0.2) is 29.2 Å². The van der Waals surface area contributed by atoms with Crippen molar-refractivity contribution in [2.45, 2.75) is 18.8 Å². The average molecular weight is 221 g/mol. The zero-order chi connectivity index (χ0) is 12.0. The molecule has 1 aromatic carbocycles. The van der Waals surface area contributed by atoms with E-state index in [1.54, 1.807) is 12.1 Å². The molecular weight excluding hydrogens is 206 g/mol. The molecule has 1 atom stereocenters. The van der Waals surface area contributed by atoms with Crippen LogP contribution in [0.3, 0.4) is 0 Å². The first-order chi connectivity index (χ1) is 7.63. The molecule has 0 unspecified atom stereocenters. The summed E-state index contributed by atoms with van der Waals surface area (Å²) in [6.45, 7) is 0.230. The van der Waals surface area contributed by atoms with Crippen LogP contribution in [0.1, 0.15) is 5.56 Å². The zero-order valence-corrected chi connectivity index (χ0v) is 8.84. The van der Waals surface area contributed by atoms with Crippen molar-refractivity contribution in [2.24, 2.45) is 5.73 Å². The molecule has 1 rings (SSSR count). The quantitative estimate of drug-likeness (QED) is 0.478. The highest BCUT2D eigenvalue weighted by molar-refractivity contribution is 5.28. The molecule has 4 heteroatoms. The minimum atomic E-state index is -1.50. The minimum absolute atomic E-state index is 0.230. The number of ether oxygens (including phenoxy) is 1. The van der Waals surface area contributed by atoms with Crippen molar-refractivity contribution in [3.05, 3.63) is 29.8 Å². The molecule has 86 valence electrons. The molecule has 1 aromatic rings. The van der Waals surface area contributed by atoms with Gasteiger partial charge in [0.1, 0.15) is 12.4 Å². The summed E-state index contributed by atoms with van der Waals surface area (Å²) < 4.78 is 5.20. The fourth-order valence-electron chi connectivity index (χ4n) is 1.22. The van der Waals surface area contributed by atoms with E-state index in [0.29, 0.717) is 12.2 Å². The Morgan fingerprint density at radius 2 is 1.94 bits per heavy atom. The number of hydrogen-bond acceptors (Lipinski definition) is 4. The number of rotatable bonds is 5. The predicted octanol–water partition coefficient (Wildman–Crippen LogP) is -0.121. The van der Waals surface area contributed by atoms with Crippen LogP contribution in [0.2, 0.25) is 0 Å². The van der Waals surface area contributed by atoms with Gasteiger partial charge in [-0.25, -0.2) is 0 Å². The van der Waals surface area contributed by atoms with E-state index in [1.807, 2.05) is 12.1 Å². The summed E-state index contributed by atoms with van der Waals surface area (Å²) in [5.74, 6) is 3.05. The lowest BCUT2D eigenvalue weighted by atomic mass is 10.1. The van der Waals surface area contributed by atoms with E-state index in [1.165, 1.54) is 0 Å². The molecular formula is C12H15NO3. The van der Waals surface area contributed by atoms with Crippen LogP contribution >= 0.6 is 0 Å². The molecule has 16 heavy (non-hydrogen) atoms. The topological polar surface area (TPSA) is 75.7 Å². The predicted molar refractivity (Wildman–Crippen MR) is 60.7 cm³/mol. The van der Waals surface area contributed by atoms with Gasteiger partial charge in [0, 0.05) is 0 Å². The van der Waals surface area contributed by atoms with Crippen molar-refractivity contribution < 1.29 is 14.9 Å². The van der Waals surface area contributed by atoms with Crippen LogP contribution in [-0.2, 0) is 6.42 Å². The maximum atomic E-state index is 8.84. The largest absolute Gasteiger partial charge is 0.481 e. The highest BCUT2D eigenvalue weighted by atomic mass is 16.5. The molecule has 0 aliphatic rings. The summed E-state index contributed by atoms with van der Waals surface area (Å²) in [6.07, 6.45) is 3.95. The van der Waals surface area contributed by atoms with E-state index in [0.717, 1.165) is 5.56 Å². The van der Waals surface area contributed by atoms with Gasteiger partial charge >= 0.3 is 0 Å². The van der Waals surface area contributed by atoms with E-state index in [4.69, 9.17) is 27.1 Å². The number of aliphatic hydroxyl groups excluding tert-OH is 1. The van der Waals surface area contributed by atoms with Crippen molar-refractivity contribution in [3.8, 4) is 18.1 Å². The van der Waals surface area contributed by atoms with Gasteiger partial charge in [0.05, 0.1) is 6.04 Å². The second-order valence-corrected chi connectivity index (χ2v) is 3.42. The van der Waals surface area contributed by atoms with Gasteiger partial charge in [0.25, 0.3) is 0 Å². The Morgan fingerprint density at radius 1 is 1.31 bits per heavy atom. The molecule has 0 heterocycles. The Bertz CT molecular complexity index is 354. The van der Waals surface area contributed by atoms with Crippen molar-refractivity contribution in [2.75, 3.05) is 6.61 Å². The van der Waals surface area contributed by atoms with Crippen molar-refractivity contribution in [3.63, 3.8) is 0 Å². The van der Waals surface area contributed by atoms with Crippen molar-refractivity contribution in [1.29, 1.82) is 0 Å². The van der Waals surface area contributed by atoms with Crippen LogP contribution in [0.4, 0.5) is 0 Å². The number of terminal acetylenes is 1. The third kappa shape index (κ3) is 3.91. The molecule has 0 bridgehead atoms. The van der Waals surface area contributed by atoms with Crippen LogP contribution in [0.5, 0.6) is 5.75 Å². The molecule has 0 aromatic heterocycles. The van der Waals surface area contributed by atoms with Crippen LogP contribution in [0, 0.1) is 12.3 Å². The van der Waals surface area contributed by atoms with E-state index >= 15 is 0 Å². The lowest BCUT2D eigenvalue weighted by Gasteiger charge is -2.13. The second-order valence-electron chi connectivity index (χ2n) is 3.42. The monoisotopic (exact) mass is 221 g/mol. The minimum Gasteiger partial charge on any atom is -0.481 e. The Hall–Kier alpha value is -1.54. The molecule has 0 saturated heterocycles. The van der Waals surface area contributed by atoms with Crippen molar-refractivity contribution in [1.82, 2.24) is 0 Å². The van der Waals surface area contributed by atoms with Gasteiger partial charge in [-0.3, -0.25) is 0 Å². The molecule has 0 aliphatic heterocycles. The smallest absolute Gasteiger partial charge is 0.167 e. The Kier molecular flexibility index (Phi) is 4.80. The molecule has 0 fully saturated rings. The number of aliphatic hydroxyl groups is 2. The molecule has 0 aliphatic carbocycles. The Morgan fingerprint density at radius 3 is 2.44 bits per heavy atom. The second kappa shape index (κ2) is 6.13. The molecule has 4 nitrogen and oxygen atoms in total. The van der Waals surface area contributed by atoms with Crippen LogP contribution in [0.25, 0.3) is 0 Å². The van der Waals surface area contributed by atoms with Gasteiger partial charge < -0.3 is 20.7 Å². The highest BCUT2D eigenvalue weighted by Gasteiger charge is 2.11. The van der Waals surface area contributed by atoms with E-state index in [-0.39, 0.29) is 6.61 Å². The SMILES string of the molecule is C#CCOc1ccc(C[C@H](N)C(O)O)cc1. The first kappa shape index (κ1) is 12.5. The summed E-state index contributed by atoms with van der Waals surface area (Å²) in [5, 5.41) is 17.7. The van der Waals surface area contributed by atoms with Gasteiger partial charge in [0.15, 0.2) is 6.29 Å².